The number of nitrogens with one attached hydrogen (secondary N) is 1. The molecule has 20 heavy (non-hydrogen) atoms. The van der Waals surface area contributed by atoms with E-state index in [1.807, 2.05) is 12.1 Å². The highest BCUT2D eigenvalue weighted by atomic mass is 35.5. The van der Waals surface area contributed by atoms with Crippen molar-refractivity contribution in [1.82, 2.24) is 5.32 Å². The number of benzene rings is 1. The Morgan fingerprint density at radius 3 is 3.10 bits per heavy atom. The predicted molar refractivity (Wildman–Crippen MR) is 77.4 cm³/mol. The lowest BCUT2D eigenvalue weighted by molar-refractivity contribution is -0.139. The van der Waals surface area contributed by atoms with E-state index in [4.69, 9.17) is 21.4 Å². The Morgan fingerprint density at radius 1 is 1.60 bits per heavy atom. The van der Waals surface area contributed by atoms with Crippen molar-refractivity contribution in [3.8, 4) is 5.75 Å². The number of ether oxygens (including phenoxy) is 1. The van der Waals surface area contributed by atoms with Gasteiger partial charge < -0.3 is 15.2 Å². The first-order valence-corrected chi connectivity index (χ1v) is 7.59. The summed E-state index contributed by atoms with van der Waals surface area (Å²) in [7, 11) is 0. The molecule has 2 rings (SSSR count). The van der Waals surface area contributed by atoms with Crippen LogP contribution in [0.2, 0.25) is 5.02 Å². The van der Waals surface area contributed by atoms with Crippen molar-refractivity contribution in [3.63, 3.8) is 0 Å². The summed E-state index contributed by atoms with van der Waals surface area (Å²) in [5, 5.41) is 11.9. The number of carboxylic acid groups (broad SMARTS) is 1. The van der Waals surface area contributed by atoms with Crippen LogP contribution in [0.5, 0.6) is 5.75 Å². The molecule has 0 radical (unpaired) electrons. The Bertz CT molecular complexity index is 523. The quantitative estimate of drug-likeness (QED) is 0.749. The molecule has 1 aliphatic rings. The second-order valence-electron chi connectivity index (χ2n) is 4.34. The average molecular weight is 316 g/mol. The van der Waals surface area contributed by atoms with Gasteiger partial charge in [-0.25, -0.2) is 4.79 Å². The minimum absolute atomic E-state index is 0.287. The maximum atomic E-state index is 10.9. The zero-order valence-electron chi connectivity index (χ0n) is 10.6. The van der Waals surface area contributed by atoms with Gasteiger partial charge in [-0.1, -0.05) is 11.6 Å². The minimum atomic E-state index is -1.04. The molecular formula is C13H14ClNO4S. The molecule has 1 heterocycles. The number of carboxylic acids is 1. The molecule has 0 aliphatic carbocycles. The number of rotatable bonds is 7. The summed E-state index contributed by atoms with van der Waals surface area (Å²) in [5.74, 6) is 0.692. The Morgan fingerprint density at radius 2 is 2.40 bits per heavy atom. The van der Waals surface area contributed by atoms with Gasteiger partial charge in [-0.15, -0.1) is 0 Å². The van der Waals surface area contributed by atoms with E-state index in [-0.39, 0.29) is 5.75 Å². The average Bonchev–Trinajstić information content (AvgIpc) is 2.85. The maximum absolute atomic E-state index is 10.9. The lowest BCUT2D eigenvalue weighted by Gasteiger charge is -2.12. The van der Waals surface area contributed by atoms with Crippen molar-refractivity contribution in [2.75, 3.05) is 12.4 Å². The number of halogens is 1. The molecule has 1 aromatic rings. The molecule has 0 saturated heterocycles. The maximum Gasteiger partial charge on any atom is 0.327 e. The van der Waals surface area contributed by atoms with Gasteiger partial charge in [-0.2, -0.15) is 11.8 Å². The highest BCUT2D eigenvalue weighted by Crippen LogP contribution is 2.34. The fourth-order valence-corrected chi connectivity index (χ4v) is 3.30. The minimum Gasteiger partial charge on any atom is -0.493 e. The number of amides is 1. The highest BCUT2D eigenvalue weighted by molar-refractivity contribution is 7.98. The Hall–Kier alpha value is -1.40. The fourth-order valence-electron chi connectivity index (χ4n) is 2.01. The third-order valence-electron chi connectivity index (χ3n) is 2.93. The summed E-state index contributed by atoms with van der Waals surface area (Å²) in [6, 6.07) is 2.85. The summed E-state index contributed by atoms with van der Waals surface area (Å²) >= 11 is 7.47. The number of carbonyl (C=O) groups is 2. The van der Waals surface area contributed by atoms with Gasteiger partial charge in [0, 0.05) is 28.5 Å². The smallest absolute Gasteiger partial charge is 0.327 e. The van der Waals surface area contributed by atoms with E-state index in [0.717, 1.165) is 23.3 Å². The molecule has 0 spiro atoms. The van der Waals surface area contributed by atoms with Gasteiger partial charge in [0.25, 0.3) is 0 Å². The molecule has 7 heteroatoms. The van der Waals surface area contributed by atoms with Crippen LogP contribution in [-0.2, 0) is 21.8 Å². The highest BCUT2D eigenvalue weighted by Gasteiger charge is 2.19. The first-order valence-electron chi connectivity index (χ1n) is 6.06. The molecule has 1 atom stereocenters. The van der Waals surface area contributed by atoms with Gasteiger partial charge in [0.2, 0.25) is 6.41 Å². The van der Waals surface area contributed by atoms with Gasteiger partial charge in [-0.3, -0.25) is 4.79 Å². The van der Waals surface area contributed by atoms with Crippen LogP contribution in [0.15, 0.2) is 12.1 Å². The van der Waals surface area contributed by atoms with Gasteiger partial charge >= 0.3 is 5.97 Å². The second-order valence-corrected chi connectivity index (χ2v) is 5.81. The van der Waals surface area contributed by atoms with E-state index in [1.165, 1.54) is 11.8 Å². The zero-order valence-corrected chi connectivity index (χ0v) is 12.2. The van der Waals surface area contributed by atoms with Crippen molar-refractivity contribution < 1.29 is 19.4 Å². The van der Waals surface area contributed by atoms with E-state index < -0.39 is 12.0 Å². The largest absolute Gasteiger partial charge is 0.493 e. The summed E-state index contributed by atoms with van der Waals surface area (Å²) in [4.78, 5) is 21.2. The molecule has 0 aromatic heterocycles. The lowest BCUT2D eigenvalue weighted by atomic mass is 10.1. The normalized spacial score (nSPS) is 14.2. The summed E-state index contributed by atoms with van der Waals surface area (Å²) in [6.07, 6.45) is 1.25. The SMILES string of the molecule is O=CNC(CSCc1cc(Cl)cc2c1OCC2)C(=O)O. The van der Waals surface area contributed by atoms with Gasteiger partial charge in [0.05, 0.1) is 6.61 Å². The first kappa shape index (κ1) is 15.0. The third kappa shape index (κ3) is 3.58. The van der Waals surface area contributed by atoms with Crippen LogP contribution < -0.4 is 10.1 Å². The molecule has 1 amide bonds. The second kappa shape index (κ2) is 6.85. The van der Waals surface area contributed by atoms with Crippen LogP contribution in [0.4, 0.5) is 0 Å². The van der Waals surface area contributed by atoms with Crippen LogP contribution in [0.25, 0.3) is 0 Å². The molecule has 1 unspecified atom stereocenters. The standard InChI is InChI=1S/C13H14ClNO4S/c14-10-3-8-1-2-19-12(8)9(4-10)5-20-6-11(13(17)18)15-7-16/h3-4,7,11H,1-2,5-6H2,(H,15,16)(H,17,18). The molecule has 0 fully saturated rings. The topological polar surface area (TPSA) is 75.6 Å². The molecule has 0 saturated carbocycles. The first-order chi connectivity index (χ1) is 9.61. The van der Waals surface area contributed by atoms with E-state index in [2.05, 4.69) is 5.32 Å². The van der Waals surface area contributed by atoms with Crippen LogP contribution in [0, 0.1) is 0 Å². The predicted octanol–water partition coefficient (Wildman–Crippen LogP) is 1.71. The third-order valence-corrected chi connectivity index (χ3v) is 4.24. The summed E-state index contributed by atoms with van der Waals surface area (Å²) in [5.41, 5.74) is 2.05. The van der Waals surface area contributed by atoms with Crippen molar-refractivity contribution >= 4 is 35.7 Å². The Labute approximate surface area is 125 Å². The summed E-state index contributed by atoms with van der Waals surface area (Å²) < 4.78 is 5.58. The van der Waals surface area contributed by atoms with E-state index in [1.54, 1.807) is 0 Å². The van der Waals surface area contributed by atoms with Crippen molar-refractivity contribution in [3.05, 3.63) is 28.3 Å². The van der Waals surface area contributed by atoms with Crippen molar-refractivity contribution in [2.45, 2.75) is 18.2 Å². The monoisotopic (exact) mass is 315 g/mol. The van der Waals surface area contributed by atoms with Crippen LogP contribution in [0.3, 0.4) is 0 Å². The van der Waals surface area contributed by atoms with Gasteiger partial charge in [-0.05, 0) is 17.7 Å². The van der Waals surface area contributed by atoms with Crippen molar-refractivity contribution in [1.29, 1.82) is 0 Å². The molecular weight excluding hydrogens is 302 g/mol. The fraction of sp³-hybridized carbons (Fsp3) is 0.385. The lowest BCUT2D eigenvalue weighted by Crippen LogP contribution is -2.37. The molecule has 108 valence electrons. The molecule has 2 N–H and O–H groups in total. The molecule has 0 bridgehead atoms. The van der Waals surface area contributed by atoms with Gasteiger partial charge in [0.1, 0.15) is 11.8 Å². The van der Waals surface area contributed by atoms with Crippen LogP contribution in [-0.4, -0.2) is 35.9 Å². The van der Waals surface area contributed by atoms with E-state index in [9.17, 15) is 9.59 Å². The Kier molecular flexibility index (Phi) is 5.14. The van der Waals surface area contributed by atoms with Crippen LogP contribution in [0.1, 0.15) is 11.1 Å². The van der Waals surface area contributed by atoms with E-state index >= 15 is 0 Å². The van der Waals surface area contributed by atoms with Crippen molar-refractivity contribution in [2.24, 2.45) is 0 Å². The number of fused-ring (bicyclic) bond motifs is 1. The number of hydrogen-bond donors (Lipinski definition) is 2. The van der Waals surface area contributed by atoms with Gasteiger partial charge in [0.15, 0.2) is 0 Å². The molecule has 1 aromatic carbocycles. The van der Waals surface area contributed by atoms with E-state index in [0.29, 0.717) is 23.8 Å². The Balaban J connectivity index is 1.97. The molecule has 5 nitrogen and oxygen atoms in total. The number of aliphatic carboxylic acids is 1. The zero-order chi connectivity index (χ0) is 14.5. The number of thioether (sulfide) groups is 1. The summed E-state index contributed by atoms with van der Waals surface area (Å²) in [6.45, 7) is 0.651. The number of hydrogen-bond acceptors (Lipinski definition) is 4. The van der Waals surface area contributed by atoms with Crippen LogP contribution >= 0.6 is 23.4 Å². The molecule has 1 aliphatic heterocycles. The number of carbonyl (C=O) groups excluding carboxylic acids is 1.